The fraction of sp³-hybridized carbons (Fsp3) is 0.538. The molecule has 1 aromatic rings. The minimum absolute atomic E-state index is 0.0701. The molecule has 1 aromatic carbocycles. The van der Waals surface area contributed by atoms with Gasteiger partial charge in [-0.1, -0.05) is 15.9 Å². The number of piperidine rings is 1. The molecule has 0 aromatic heterocycles. The van der Waals surface area contributed by atoms with Crippen molar-refractivity contribution in [1.29, 1.82) is 0 Å². The molecule has 0 amide bonds. The predicted molar refractivity (Wildman–Crippen MR) is 79.6 cm³/mol. The fourth-order valence-corrected chi connectivity index (χ4v) is 4.19. The zero-order chi connectivity index (χ0) is 14.9. The van der Waals surface area contributed by atoms with E-state index in [-0.39, 0.29) is 10.9 Å². The summed E-state index contributed by atoms with van der Waals surface area (Å²) in [6, 6.07) is 3.95. The number of benzene rings is 1. The van der Waals surface area contributed by atoms with Crippen LogP contribution in [0.1, 0.15) is 12.8 Å². The second-order valence-electron chi connectivity index (χ2n) is 5.13. The molecule has 7 heteroatoms. The maximum absolute atomic E-state index is 13.9. The van der Waals surface area contributed by atoms with E-state index in [2.05, 4.69) is 20.8 Å². The molecule has 0 spiro atoms. The van der Waals surface area contributed by atoms with Gasteiger partial charge in [0, 0.05) is 17.6 Å². The molecule has 2 rings (SSSR count). The quantitative estimate of drug-likeness (QED) is 0.826. The van der Waals surface area contributed by atoms with E-state index in [1.54, 1.807) is 6.07 Å². The second kappa shape index (κ2) is 6.09. The topological polar surface area (TPSA) is 40.6 Å². The van der Waals surface area contributed by atoms with E-state index in [9.17, 15) is 12.8 Å². The van der Waals surface area contributed by atoms with Crippen molar-refractivity contribution in [1.82, 2.24) is 9.21 Å². The number of halogens is 2. The van der Waals surface area contributed by atoms with Crippen LogP contribution in [0.3, 0.4) is 0 Å². The zero-order valence-corrected chi connectivity index (χ0v) is 13.9. The van der Waals surface area contributed by atoms with Gasteiger partial charge in [0.05, 0.1) is 0 Å². The molecule has 0 unspecified atom stereocenters. The summed E-state index contributed by atoms with van der Waals surface area (Å²) >= 11 is 3.13. The van der Waals surface area contributed by atoms with Gasteiger partial charge < -0.3 is 4.90 Å². The van der Waals surface area contributed by atoms with Crippen molar-refractivity contribution in [3.8, 4) is 0 Å². The highest BCUT2D eigenvalue weighted by Gasteiger charge is 2.31. The van der Waals surface area contributed by atoms with Crippen molar-refractivity contribution >= 4 is 26.0 Å². The highest BCUT2D eigenvalue weighted by atomic mass is 79.9. The summed E-state index contributed by atoms with van der Waals surface area (Å²) in [5.41, 5.74) is 0. The van der Waals surface area contributed by atoms with Crippen molar-refractivity contribution in [2.24, 2.45) is 0 Å². The number of hydrogen-bond acceptors (Lipinski definition) is 3. The molecule has 20 heavy (non-hydrogen) atoms. The van der Waals surface area contributed by atoms with Crippen LogP contribution in [0.4, 0.5) is 4.39 Å². The average molecular weight is 365 g/mol. The lowest BCUT2D eigenvalue weighted by molar-refractivity contribution is 0.197. The second-order valence-corrected chi connectivity index (χ2v) is 8.01. The van der Waals surface area contributed by atoms with Crippen LogP contribution in [0, 0.1) is 5.82 Å². The molecular formula is C13H18BrFN2O2S. The van der Waals surface area contributed by atoms with E-state index in [0.717, 1.165) is 25.9 Å². The first-order chi connectivity index (χ1) is 9.32. The highest BCUT2D eigenvalue weighted by Crippen LogP contribution is 2.25. The number of likely N-dealkylation sites (tertiary alicyclic amines) is 1. The number of nitrogens with zero attached hydrogens (tertiary/aromatic N) is 2. The summed E-state index contributed by atoms with van der Waals surface area (Å²) in [5, 5.41) is 0. The summed E-state index contributed by atoms with van der Waals surface area (Å²) < 4.78 is 40.7. The Morgan fingerprint density at radius 2 is 1.95 bits per heavy atom. The zero-order valence-electron chi connectivity index (χ0n) is 11.5. The summed E-state index contributed by atoms with van der Waals surface area (Å²) in [6.07, 6.45) is 1.54. The maximum atomic E-state index is 13.9. The van der Waals surface area contributed by atoms with Gasteiger partial charge in [0.25, 0.3) is 0 Å². The molecule has 1 aliphatic rings. The largest absolute Gasteiger partial charge is 0.306 e. The molecule has 0 N–H and O–H groups in total. The monoisotopic (exact) mass is 364 g/mol. The van der Waals surface area contributed by atoms with E-state index in [1.165, 1.54) is 23.5 Å². The molecule has 4 nitrogen and oxygen atoms in total. The molecule has 1 heterocycles. The van der Waals surface area contributed by atoms with Crippen LogP contribution < -0.4 is 0 Å². The Kier molecular flexibility index (Phi) is 4.84. The van der Waals surface area contributed by atoms with Crippen LogP contribution in [0.15, 0.2) is 27.6 Å². The lowest BCUT2D eigenvalue weighted by Gasteiger charge is -2.34. The van der Waals surface area contributed by atoms with Gasteiger partial charge in [-0.25, -0.2) is 12.8 Å². The Labute approximate surface area is 127 Å². The van der Waals surface area contributed by atoms with Crippen molar-refractivity contribution in [3.63, 3.8) is 0 Å². The van der Waals surface area contributed by atoms with Gasteiger partial charge in [0.15, 0.2) is 0 Å². The van der Waals surface area contributed by atoms with Crippen molar-refractivity contribution in [2.45, 2.75) is 23.8 Å². The molecule has 0 saturated carbocycles. The molecule has 0 radical (unpaired) electrons. The normalized spacial score (nSPS) is 18.6. The van der Waals surface area contributed by atoms with Gasteiger partial charge in [-0.05, 0) is 51.2 Å². The Morgan fingerprint density at radius 1 is 1.35 bits per heavy atom. The van der Waals surface area contributed by atoms with Crippen LogP contribution in [0.25, 0.3) is 0 Å². The van der Waals surface area contributed by atoms with E-state index in [1.807, 2.05) is 7.05 Å². The fourth-order valence-electron chi connectivity index (χ4n) is 2.39. The molecule has 0 bridgehead atoms. The Balaban J connectivity index is 2.25. The van der Waals surface area contributed by atoms with Gasteiger partial charge in [-0.3, -0.25) is 0 Å². The highest BCUT2D eigenvalue weighted by molar-refractivity contribution is 9.10. The molecule has 1 aliphatic heterocycles. The number of rotatable bonds is 3. The number of hydrogen-bond donors (Lipinski definition) is 0. The molecule has 1 fully saturated rings. The first-order valence-corrected chi connectivity index (χ1v) is 8.67. The Morgan fingerprint density at radius 3 is 2.50 bits per heavy atom. The molecular weight excluding hydrogens is 347 g/mol. The standard InChI is InChI=1S/C13H18BrFN2O2S/c1-16-7-5-11(6-8-16)17(2)20(18,19)13-4-3-10(14)9-12(13)15/h3-4,9,11H,5-8H2,1-2H3. The first kappa shape index (κ1) is 15.9. The van der Waals surface area contributed by atoms with Crippen LogP contribution in [0.5, 0.6) is 0 Å². The molecule has 1 saturated heterocycles. The van der Waals surface area contributed by atoms with Crippen molar-refractivity contribution in [3.05, 3.63) is 28.5 Å². The molecule has 0 aliphatic carbocycles. The summed E-state index contributed by atoms with van der Waals surface area (Å²) in [6.45, 7) is 1.71. The van der Waals surface area contributed by atoms with Crippen LogP contribution in [-0.2, 0) is 10.0 Å². The van der Waals surface area contributed by atoms with Crippen LogP contribution in [0.2, 0.25) is 0 Å². The third kappa shape index (κ3) is 3.21. The van der Waals surface area contributed by atoms with Crippen molar-refractivity contribution in [2.75, 3.05) is 27.2 Å². The van der Waals surface area contributed by atoms with Gasteiger partial charge in [0.2, 0.25) is 10.0 Å². The predicted octanol–water partition coefficient (Wildman–Crippen LogP) is 2.30. The summed E-state index contributed by atoms with van der Waals surface area (Å²) in [7, 11) is -0.237. The van der Waals surface area contributed by atoms with E-state index >= 15 is 0 Å². The molecule has 0 atom stereocenters. The van der Waals surface area contributed by atoms with E-state index < -0.39 is 15.8 Å². The lowest BCUT2D eigenvalue weighted by atomic mass is 10.1. The molecule has 112 valence electrons. The van der Waals surface area contributed by atoms with E-state index in [4.69, 9.17) is 0 Å². The first-order valence-electron chi connectivity index (χ1n) is 6.44. The summed E-state index contributed by atoms with van der Waals surface area (Å²) in [5.74, 6) is -0.723. The minimum atomic E-state index is -3.78. The van der Waals surface area contributed by atoms with Gasteiger partial charge in [-0.15, -0.1) is 0 Å². The summed E-state index contributed by atoms with van der Waals surface area (Å²) in [4.78, 5) is 1.90. The minimum Gasteiger partial charge on any atom is -0.306 e. The van der Waals surface area contributed by atoms with Gasteiger partial charge in [-0.2, -0.15) is 4.31 Å². The van der Waals surface area contributed by atoms with Gasteiger partial charge >= 0.3 is 0 Å². The lowest BCUT2D eigenvalue weighted by Crippen LogP contribution is -2.44. The number of sulfonamides is 1. The SMILES string of the molecule is CN1CCC(N(C)S(=O)(=O)c2ccc(Br)cc2F)CC1. The third-order valence-corrected chi connectivity index (χ3v) is 6.19. The Bertz CT molecular complexity index is 586. The van der Waals surface area contributed by atoms with Crippen molar-refractivity contribution < 1.29 is 12.8 Å². The van der Waals surface area contributed by atoms with Crippen LogP contribution >= 0.6 is 15.9 Å². The third-order valence-electron chi connectivity index (χ3n) is 3.75. The smallest absolute Gasteiger partial charge is 0.245 e. The van der Waals surface area contributed by atoms with Crippen LogP contribution in [-0.4, -0.2) is 50.8 Å². The van der Waals surface area contributed by atoms with E-state index in [0.29, 0.717) is 4.47 Å². The Hall–Kier alpha value is -0.500. The average Bonchev–Trinajstić information content (AvgIpc) is 2.38. The maximum Gasteiger partial charge on any atom is 0.245 e. The van der Waals surface area contributed by atoms with Gasteiger partial charge in [0.1, 0.15) is 10.7 Å².